The lowest BCUT2D eigenvalue weighted by molar-refractivity contribution is -0.132. The summed E-state index contributed by atoms with van der Waals surface area (Å²) in [5, 5.41) is 3.54. The van der Waals surface area contributed by atoms with Crippen LogP contribution in [0.5, 0.6) is 0 Å². The minimum atomic E-state index is -0.222. The zero-order valence-electron chi connectivity index (χ0n) is 18.3. The summed E-state index contributed by atoms with van der Waals surface area (Å²) >= 11 is 1.61. The average molecular weight is 445 g/mol. The molecule has 0 aliphatic heterocycles. The molecule has 1 saturated carbocycles. The highest BCUT2D eigenvalue weighted by molar-refractivity contribution is 7.18. The molecule has 2 heterocycles. The summed E-state index contributed by atoms with van der Waals surface area (Å²) in [6.07, 6.45) is 12.6. The molecule has 7 nitrogen and oxygen atoms in total. The van der Waals surface area contributed by atoms with E-state index in [1.807, 2.05) is 11.9 Å². The van der Waals surface area contributed by atoms with Gasteiger partial charge in [-0.15, -0.1) is 11.3 Å². The first kappa shape index (κ1) is 22.0. The molecule has 2 aliphatic carbocycles. The number of aromatic nitrogens is 2. The third-order valence-corrected chi connectivity index (χ3v) is 7.86. The van der Waals surface area contributed by atoms with Crippen molar-refractivity contribution in [2.45, 2.75) is 83.2 Å². The first-order chi connectivity index (χ1) is 15.0. The van der Waals surface area contributed by atoms with Crippen molar-refractivity contribution in [2.24, 2.45) is 0 Å². The van der Waals surface area contributed by atoms with Crippen LogP contribution in [0.2, 0.25) is 0 Å². The Labute approximate surface area is 186 Å². The highest BCUT2D eigenvalue weighted by Gasteiger charge is 2.22. The van der Waals surface area contributed by atoms with E-state index in [-0.39, 0.29) is 23.9 Å². The second-order valence-corrected chi connectivity index (χ2v) is 9.90. The number of fused-ring (bicyclic) bond motifs is 3. The fourth-order valence-corrected chi connectivity index (χ4v) is 6.04. The van der Waals surface area contributed by atoms with Gasteiger partial charge in [0.05, 0.1) is 11.7 Å². The van der Waals surface area contributed by atoms with Gasteiger partial charge in [0.25, 0.3) is 5.56 Å². The molecule has 2 aliphatic rings. The molecule has 0 atom stereocenters. The number of carbonyl (C=O) groups is 2. The summed E-state index contributed by atoms with van der Waals surface area (Å²) < 4.78 is 1.40. The number of thiophene rings is 1. The van der Waals surface area contributed by atoms with Crippen LogP contribution in [0, 0.1) is 0 Å². The third kappa shape index (κ3) is 5.00. The maximum absolute atomic E-state index is 12.9. The topological polar surface area (TPSA) is 84.3 Å². The fourth-order valence-electron chi connectivity index (χ4n) is 4.82. The van der Waals surface area contributed by atoms with Gasteiger partial charge in [-0.25, -0.2) is 4.98 Å². The van der Waals surface area contributed by atoms with E-state index in [2.05, 4.69) is 10.3 Å². The van der Waals surface area contributed by atoms with Crippen molar-refractivity contribution >= 4 is 33.4 Å². The predicted molar refractivity (Wildman–Crippen MR) is 122 cm³/mol. The van der Waals surface area contributed by atoms with E-state index in [0.717, 1.165) is 48.9 Å². The molecule has 168 valence electrons. The SMILES string of the molecule is CN(C(=O)CCCNC(=O)Cn1cnc2sc3c(c2c1=O)CCCC3)C1CCCCC1. The Morgan fingerprint density at radius 3 is 2.77 bits per heavy atom. The smallest absolute Gasteiger partial charge is 0.262 e. The Morgan fingerprint density at radius 2 is 1.97 bits per heavy atom. The van der Waals surface area contributed by atoms with E-state index in [4.69, 9.17) is 0 Å². The largest absolute Gasteiger partial charge is 0.355 e. The van der Waals surface area contributed by atoms with E-state index in [0.29, 0.717) is 30.8 Å². The first-order valence-corrected chi connectivity index (χ1v) is 12.4. The lowest BCUT2D eigenvalue weighted by Gasteiger charge is -2.31. The van der Waals surface area contributed by atoms with Gasteiger partial charge in [0.15, 0.2) is 0 Å². The van der Waals surface area contributed by atoms with Crippen LogP contribution in [0.3, 0.4) is 0 Å². The Morgan fingerprint density at radius 1 is 1.19 bits per heavy atom. The molecule has 31 heavy (non-hydrogen) atoms. The number of hydrogen-bond donors (Lipinski definition) is 1. The molecule has 4 rings (SSSR count). The predicted octanol–water partition coefficient (Wildman–Crippen LogP) is 3.02. The van der Waals surface area contributed by atoms with Crippen LogP contribution in [0.25, 0.3) is 10.2 Å². The molecule has 0 saturated heterocycles. The van der Waals surface area contributed by atoms with Crippen molar-refractivity contribution in [1.82, 2.24) is 19.8 Å². The molecule has 0 unspecified atom stereocenters. The molecule has 8 heteroatoms. The number of aryl methyl sites for hydroxylation is 2. The number of hydrogen-bond acceptors (Lipinski definition) is 5. The minimum Gasteiger partial charge on any atom is -0.355 e. The van der Waals surface area contributed by atoms with Gasteiger partial charge in [-0.1, -0.05) is 19.3 Å². The van der Waals surface area contributed by atoms with Crippen LogP contribution >= 0.6 is 11.3 Å². The van der Waals surface area contributed by atoms with Crippen LogP contribution < -0.4 is 10.9 Å². The minimum absolute atomic E-state index is 0.0394. The highest BCUT2D eigenvalue weighted by Crippen LogP contribution is 2.33. The fraction of sp³-hybridized carbons (Fsp3) is 0.652. The first-order valence-electron chi connectivity index (χ1n) is 11.6. The number of nitrogens with one attached hydrogen (secondary N) is 1. The van der Waals surface area contributed by atoms with Crippen LogP contribution in [0.4, 0.5) is 0 Å². The van der Waals surface area contributed by atoms with Crippen LogP contribution in [0.1, 0.15) is 68.2 Å². The van der Waals surface area contributed by atoms with Gasteiger partial charge < -0.3 is 10.2 Å². The van der Waals surface area contributed by atoms with Gasteiger partial charge in [-0.3, -0.25) is 19.0 Å². The van der Waals surface area contributed by atoms with E-state index >= 15 is 0 Å². The molecule has 1 fully saturated rings. The Kier molecular flexibility index (Phi) is 7.05. The molecule has 0 radical (unpaired) electrons. The van der Waals surface area contributed by atoms with E-state index in [1.165, 1.54) is 35.0 Å². The highest BCUT2D eigenvalue weighted by atomic mass is 32.1. The maximum atomic E-state index is 12.9. The zero-order valence-corrected chi connectivity index (χ0v) is 19.1. The normalized spacial score (nSPS) is 16.8. The van der Waals surface area contributed by atoms with E-state index in [1.54, 1.807) is 11.3 Å². The lowest BCUT2D eigenvalue weighted by Crippen LogP contribution is -2.38. The number of nitrogens with zero attached hydrogens (tertiary/aromatic N) is 3. The van der Waals surface area contributed by atoms with Crippen molar-refractivity contribution in [3.63, 3.8) is 0 Å². The molecule has 1 N–H and O–H groups in total. The van der Waals surface area contributed by atoms with Gasteiger partial charge >= 0.3 is 0 Å². The van der Waals surface area contributed by atoms with Crippen molar-refractivity contribution in [3.8, 4) is 0 Å². The third-order valence-electron chi connectivity index (χ3n) is 6.66. The van der Waals surface area contributed by atoms with Gasteiger partial charge in [-0.2, -0.15) is 0 Å². The Bertz CT molecular complexity index is 1010. The summed E-state index contributed by atoms with van der Waals surface area (Å²) in [6.45, 7) is 0.393. The zero-order chi connectivity index (χ0) is 21.8. The number of rotatable bonds is 7. The molecule has 0 spiro atoms. The summed E-state index contributed by atoms with van der Waals surface area (Å²) in [4.78, 5) is 46.1. The van der Waals surface area contributed by atoms with Crippen LogP contribution in [-0.4, -0.2) is 45.9 Å². The van der Waals surface area contributed by atoms with Gasteiger partial charge in [0.2, 0.25) is 11.8 Å². The van der Waals surface area contributed by atoms with E-state index < -0.39 is 0 Å². The molecular formula is C23H32N4O3S. The van der Waals surface area contributed by atoms with Gasteiger partial charge in [-0.05, 0) is 50.5 Å². The second kappa shape index (κ2) is 9.94. The standard InChI is InChI=1S/C23H32N4O3S/c1-26(16-8-3-2-4-9-16)20(29)12-7-13-24-19(28)14-27-15-25-22-21(23(27)30)17-10-5-6-11-18(17)31-22/h15-16H,2-14H2,1H3,(H,24,28). The van der Waals surface area contributed by atoms with Crippen LogP contribution in [0.15, 0.2) is 11.1 Å². The molecule has 2 aromatic heterocycles. The number of carbonyl (C=O) groups excluding carboxylic acids is 2. The van der Waals surface area contributed by atoms with E-state index in [9.17, 15) is 14.4 Å². The maximum Gasteiger partial charge on any atom is 0.262 e. The molecular weight excluding hydrogens is 412 g/mol. The van der Waals surface area contributed by atoms with Crippen LogP contribution in [-0.2, 0) is 29.0 Å². The molecule has 0 bridgehead atoms. The van der Waals surface area contributed by atoms with Crippen molar-refractivity contribution in [1.29, 1.82) is 0 Å². The molecule has 0 aromatic carbocycles. The molecule has 2 amide bonds. The van der Waals surface area contributed by atoms with Crippen molar-refractivity contribution in [2.75, 3.05) is 13.6 Å². The quantitative estimate of drug-likeness (QED) is 0.666. The monoisotopic (exact) mass is 444 g/mol. The van der Waals surface area contributed by atoms with Gasteiger partial charge in [0.1, 0.15) is 11.4 Å². The van der Waals surface area contributed by atoms with Gasteiger partial charge in [0, 0.05) is 30.9 Å². The molecule has 2 aromatic rings. The summed E-state index contributed by atoms with van der Waals surface area (Å²) in [6, 6.07) is 0.369. The Hall–Kier alpha value is -2.22. The second-order valence-electron chi connectivity index (χ2n) is 8.82. The summed E-state index contributed by atoms with van der Waals surface area (Å²) in [5.41, 5.74) is 1.02. The summed E-state index contributed by atoms with van der Waals surface area (Å²) in [5.74, 6) is -0.0744. The van der Waals surface area contributed by atoms with Crippen molar-refractivity contribution in [3.05, 3.63) is 27.1 Å². The average Bonchev–Trinajstić information content (AvgIpc) is 3.18. The van der Waals surface area contributed by atoms with Crippen molar-refractivity contribution < 1.29 is 9.59 Å². The Balaban J connectivity index is 1.27. The summed E-state index contributed by atoms with van der Waals surface area (Å²) in [7, 11) is 1.90. The lowest BCUT2D eigenvalue weighted by atomic mass is 9.94. The number of amides is 2.